The van der Waals surface area contributed by atoms with Crippen LogP contribution in [0.1, 0.15) is 12.8 Å². The van der Waals surface area contributed by atoms with Crippen LogP contribution in [-0.2, 0) is 10.0 Å². The second-order valence-electron chi connectivity index (χ2n) is 3.51. The highest BCUT2D eigenvalue weighted by molar-refractivity contribution is 7.98. The summed E-state index contributed by atoms with van der Waals surface area (Å²) in [6, 6.07) is 1.47. The number of thioether (sulfide) groups is 1. The number of sulfonamides is 1. The van der Waals surface area contributed by atoms with E-state index in [9.17, 15) is 8.42 Å². The zero-order chi connectivity index (χ0) is 12.7. The topological polar surface area (TPSA) is 85.1 Å². The molecular formula is C10H17N3O2S2. The Labute approximate surface area is 106 Å². The quantitative estimate of drug-likeness (QED) is 0.727. The number of rotatable bonds is 7. The van der Waals surface area contributed by atoms with Gasteiger partial charge in [-0.1, -0.05) is 0 Å². The molecule has 0 amide bonds. The van der Waals surface area contributed by atoms with Crippen molar-refractivity contribution >= 4 is 27.5 Å². The van der Waals surface area contributed by atoms with Gasteiger partial charge < -0.3 is 5.73 Å². The number of nitrogens with two attached hydrogens (primary N) is 1. The number of anilines is 1. The van der Waals surface area contributed by atoms with Gasteiger partial charge in [0.2, 0.25) is 10.0 Å². The van der Waals surface area contributed by atoms with Gasteiger partial charge >= 0.3 is 0 Å². The number of unbranched alkanes of at least 4 members (excludes halogenated alkanes) is 1. The molecule has 3 N–H and O–H groups in total. The van der Waals surface area contributed by atoms with Gasteiger partial charge in [-0.15, -0.1) is 0 Å². The molecule has 7 heteroatoms. The number of nitrogens with zero attached hydrogens (tertiary/aromatic N) is 1. The second kappa shape index (κ2) is 6.83. The van der Waals surface area contributed by atoms with E-state index in [0.717, 1.165) is 18.6 Å². The SMILES string of the molecule is CSCCCCNS(=O)(=O)c1cnccc1N. The Hall–Kier alpha value is -0.790. The first kappa shape index (κ1) is 14.3. The van der Waals surface area contributed by atoms with Crippen LogP contribution in [-0.4, -0.2) is 32.0 Å². The Bertz CT molecular complexity index is 449. The van der Waals surface area contributed by atoms with Crippen LogP contribution in [0.25, 0.3) is 0 Å². The van der Waals surface area contributed by atoms with Gasteiger partial charge in [-0.2, -0.15) is 11.8 Å². The van der Waals surface area contributed by atoms with Crippen LogP contribution in [0.5, 0.6) is 0 Å². The van der Waals surface area contributed by atoms with Gasteiger partial charge in [0.25, 0.3) is 0 Å². The van der Waals surface area contributed by atoms with E-state index in [2.05, 4.69) is 9.71 Å². The molecule has 0 aliphatic rings. The summed E-state index contributed by atoms with van der Waals surface area (Å²) in [6.45, 7) is 0.428. The van der Waals surface area contributed by atoms with Crippen LogP contribution in [0.2, 0.25) is 0 Å². The Kier molecular flexibility index (Phi) is 5.73. The molecule has 0 saturated heterocycles. The van der Waals surface area contributed by atoms with Crippen LogP contribution in [0.3, 0.4) is 0 Å². The van der Waals surface area contributed by atoms with Gasteiger partial charge in [0.15, 0.2) is 0 Å². The summed E-state index contributed by atoms with van der Waals surface area (Å²) < 4.78 is 26.2. The van der Waals surface area contributed by atoms with Crippen molar-refractivity contribution in [2.24, 2.45) is 0 Å². The van der Waals surface area contributed by atoms with Gasteiger partial charge in [-0.25, -0.2) is 13.1 Å². The zero-order valence-electron chi connectivity index (χ0n) is 9.72. The summed E-state index contributed by atoms with van der Waals surface area (Å²) in [4.78, 5) is 3.81. The highest BCUT2D eigenvalue weighted by atomic mass is 32.2. The standard InChI is InChI=1S/C10H17N3O2S2/c1-16-7-3-2-5-13-17(14,15)10-8-12-6-4-9(10)11/h4,6,8,13H,2-3,5,7H2,1H3,(H2,11,12). The van der Waals surface area contributed by atoms with Crippen molar-refractivity contribution in [3.63, 3.8) is 0 Å². The maximum atomic E-state index is 11.8. The molecule has 96 valence electrons. The van der Waals surface area contributed by atoms with Crippen molar-refractivity contribution in [2.75, 3.05) is 24.3 Å². The summed E-state index contributed by atoms with van der Waals surface area (Å²) in [7, 11) is -3.52. The van der Waals surface area contributed by atoms with Crippen LogP contribution in [0, 0.1) is 0 Å². The third kappa shape index (κ3) is 4.53. The van der Waals surface area contributed by atoms with Gasteiger partial charge in [0.05, 0.1) is 5.69 Å². The third-order valence-electron chi connectivity index (χ3n) is 2.17. The van der Waals surface area contributed by atoms with E-state index in [0.29, 0.717) is 6.54 Å². The number of nitrogens with one attached hydrogen (secondary N) is 1. The van der Waals surface area contributed by atoms with Crippen molar-refractivity contribution in [3.05, 3.63) is 18.5 Å². The molecule has 0 atom stereocenters. The van der Waals surface area contributed by atoms with Crippen LogP contribution in [0.15, 0.2) is 23.4 Å². The van der Waals surface area contributed by atoms with E-state index in [1.165, 1.54) is 18.5 Å². The molecule has 0 aliphatic carbocycles. The Morgan fingerprint density at radius 1 is 1.47 bits per heavy atom. The maximum absolute atomic E-state index is 11.8. The molecular weight excluding hydrogens is 258 g/mol. The lowest BCUT2D eigenvalue weighted by molar-refractivity contribution is 0.578. The zero-order valence-corrected chi connectivity index (χ0v) is 11.4. The lowest BCUT2D eigenvalue weighted by Gasteiger charge is -2.07. The van der Waals surface area contributed by atoms with Crippen molar-refractivity contribution < 1.29 is 8.42 Å². The van der Waals surface area contributed by atoms with Crippen molar-refractivity contribution in [1.29, 1.82) is 0 Å². The minimum atomic E-state index is -3.52. The number of pyridine rings is 1. The summed E-state index contributed by atoms with van der Waals surface area (Å²) in [5.41, 5.74) is 5.82. The van der Waals surface area contributed by atoms with Crippen molar-refractivity contribution in [1.82, 2.24) is 9.71 Å². The van der Waals surface area contributed by atoms with Crippen LogP contribution < -0.4 is 10.5 Å². The number of hydrogen-bond donors (Lipinski definition) is 2. The Balaban J connectivity index is 2.55. The molecule has 0 radical (unpaired) electrons. The maximum Gasteiger partial charge on any atom is 0.244 e. The highest BCUT2D eigenvalue weighted by Crippen LogP contribution is 2.15. The van der Waals surface area contributed by atoms with E-state index >= 15 is 0 Å². The predicted octanol–water partition coefficient (Wildman–Crippen LogP) is 1.09. The lowest BCUT2D eigenvalue weighted by Crippen LogP contribution is -2.25. The molecule has 0 aliphatic heterocycles. The summed E-state index contributed by atoms with van der Waals surface area (Å²) in [6.07, 6.45) is 6.57. The normalized spacial score (nSPS) is 11.6. The molecule has 0 aromatic carbocycles. The van der Waals surface area contributed by atoms with E-state index in [1.54, 1.807) is 11.8 Å². The fourth-order valence-corrected chi connectivity index (χ4v) is 2.91. The second-order valence-corrected chi connectivity index (χ2v) is 6.23. The summed E-state index contributed by atoms with van der Waals surface area (Å²) >= 11 is 1.75. The highest BCUT2D eigenvalue weighted by Gasteiger charge is 2.16. The Morgan fingerprint density at radius 3 is 2.88 bits per heavy atom. The molecule has 0 unspecified atom stereocenters. The molecule has 0 fully saturated rings. The van der Waals surface area contributed by atoms with Crippen LogP contribution >= 0.6 is 11.8 Å². The molecule has 5 nitrogen and oxygen atoms in total. The first-order chi connectivity index (χ1) is 8.08. The van der Waals surface area contributed by atoms with Gasteiger partial charge in [-0.3, -0.25) is 4.98 Å². The fraction of sp³-hybridized carbons (Fsp3) is 0.500. The molecule has 1 rings (SSSR count). The average Bonchev–Trinajstić information content (AvgIpc) is 2.29. The molecule has 0 saturated carbocycles. The van der Waals surface area contributed by atoms with E-state index < -0.39 is 10.0 Å². The van der Waals surface area contributed by atoms with E-state index in [4.69, 9.17) is 5.73 Å². The molecule has 17 heavy (non-hydrogen) atoms. The number of nitrogen functional groups attached to an aromatic ring is 1. The first-order valence-electron chi connectivity index (χ1n) is 5.26. The molecule has 1 heterocycles. The number of hydrogen-bond acceptors (Lipinski definition) is 5. The third-order valence-corrected chi connectivity index (χ3v) is 4.37. The molecule has 1 aromatic heterocycles. The van der Waals surface area contributed by atoms with E-state index in [1.807, 2.05) is 6.26 Å². The van der Waals surface area contributed by atoms with Gasteiger partial charge in [0.1, 0.15) is 4.90 Å². The summed E-state index contributed by atoms with van der Waals surface area (Å²) in [5, 5.41) is 0. The van der Waals surface area contributed by atoms with Crippen molar-refractivity contribution in [2.45, 2.75) is 17.7 Å². The minimum Gasteiger partial charge on any atom is -0.398 e. The predicted molar refractivity (Wildman–Crippen MR) is 71.5 cm³/mol. The number of aromatic nitrogens is 1. The Morgan fingerprint density at radius 2 is 2.24 bits per heavy atom. The molecule has 0 bridgehead atoms. The monoisotopic (exact) mass is 275 g/mol. The smallest absolute Gasteiger partial charge is 0.244 e. The fourth-order valence-electron chi connectivity index (χ4n) is 1.27. The molecule has 1 aromatic rings. The lowest BCUT2D eigenvalue weighted by atomic mass is 10.3. The van der Waals surface area contributed by atoms with E-state index in [-0.39, 0.29) is 10.6 Å². The molecule has 0 spiro atoms. The van der Waals surface area contributed by atoms with Crippen molar-refractivity contribution in [3.8, 4) is 0 Å². The summed E-state index contributed by atoms with van der Waals surface area (Å²) in [5.74, 6) is 1.04. The van der Waals surface area contributed by atoms with Gasteiger partial charge in [-0.05, 0) is 30.9 Å². The average molecular weight is 275 g/mol. The van der Waals surface area contributed by atoms with Gasteiger partial charge in [0, 0.05) is 18.9 Å². The minimum absolute atomic E-state index is 0.0462. The largest absolute Gasteiger partial charge is 0.398 e. The van der Waals surface area contributed by atoms with Crippen LogP contribution in [0.4, 0.5) is 5.69 Å². The first-order valence-corrected chi connectivity index (χ1v) is 8.13.